The zero-order chi connectivity index (χ0) is 34.0. The van der Waals surface area contributed by atoms with Gasteiger partial charge in [-0.3, -0.25) is 9.59 Å². The van der Waals surface area contributed by atoms with Gasteiger partial charge in [-0.2, -0.15) is 0 Å². The van der Waals surface area contributed by atoms with Crippen molar-refractivity contribution in [2.75, 3.05) is 0 Å². The molecule has 47 heavy (non-hydrogen) atoms. The Morgan fingerprint density at radius 3 is 0.532 bits per heavy atom. The van der Waals surface area contributed by atoms with Crippen LogP contribution in [0, 0.1) is 0 Å². The zero-order valence-corrected chi connectivity index (χ0v) is 35.3. The summed E-state index contributed by atoms with van der Waals surface area (Å²) in [5.41, 5.74) is 0. The van der Waals surface area contributed by atoms with Gasteiger partial charge in [-0.05, 0) is 12.8 Å². The number of hydrogen-bond donors (Lipinski definition) is 2. The molecule has 0 saturated carbocycles. The van der Waals surface area contributed by atoms with Crippen LogP contribution < -0.4 is 0 Å². The van der Waals surface area contributed by atoms with Crippen LogP contribution in [0.25, 0.3) is 0 Å². The predicted octanol–water partition coefficient (Wildman–Crippen LogP) is 15.0. The molecule has 0 fully saturated rings. The predicted molar refractivity (Wildman–Crippen MR) is 202 cm³/mol. The Bertz CT molecular complexity index is 533. The van der Waals surface area contributed by atoms with Crippen LogP contribution in [0.15, 0.2) is 0 Å². The molecule has 0 aromatic heterocycles. The molecule has 5 heteroatoms. The maximum absolute atomic E-state index is 10.4. The second kappa shape index (κ2) is 47.7. The van der Waals surface area contributed by atoms with Crippen LogP contribution in [-0.2, 0) is 29.1 Å². The third-order valence-corrected chi connectivity index (χ3v) is 9.49. The van der Waals surface area contributed by atoms with E-state index in [1.807, 2.05) is 0 Å². The van der Waals surface area contributed by atoms with Gasteiger partial charge in [0.2, 0.25) is 0 Å². The van der Waals surface area contributed by atoms with Crippen molar-refractivity contribution in [2.24, 2.45) is 0 Å². The molecule has 0 aromatic rings. The summed E-state index contributed by atoms with van der Waals surface area (Å²) >= 11 is 0. The molecule has 2 N–H and O–H groups in total. The number of carbonyl (C=O) groups is 2. The van der Waals surface area contributed by atoms with E-state index < -0.39 is 11.9 Å². The van der Waals surface area contributed by atoms with E-state index in [4.69, 9.17) is 10.2 Å². The van der Waals surface area contributed by atoms with Gasteiger partial charge in [-0.25, -0.2) is 0 Å². The summed E-state index contributed by atoms with van der Waals surface area (Å²) in [6, 6.07) is 0. The second-order valence-electron chi connectivity index (χ2n) is 14.3. The Kier molecular flexibility index (Phi) is 51.7. The average Bonchev–Trinajstić information content (AvgIpc) is 3.03. The Morgan fingerprint density at radius 1 is 0.277 bits per heavy atom. The van der Waals surface area contributed by atoms with Gasteiger partial charge >= 0.3 is 11.9 Å². The normalized spacial score (nSPS) is 10.8. The average molecular weight is 719 g/mol. The van der Waals surface area contributed by atoms with Crippen molar-refractivity contribution < 1.29 is 39.3 Å². The van der Waals surface area contributed by atoms with Gasteiger partial charge in [-0.15, -0.1) is 0 Å². The van der Waals surface area contributed by atoms with E-state index in [0.717, 1.165) is 25.7 Å². The smallest absolute Gasteiger partial charge is 0.303 e. The largest absolute Gasteiger partial charge is 0.481 e. The minimum atomic E-state index is -0.651. The molecule has 0 rings (SSSR count). The van der Waals surface area contributed by atoms with Crippen molar-refractivity contribution in [3.05, 3.63) is 0 Å². The van der Waals surface area contributed by atoms with E-state index in [2.05, 4.69) is 13.8 Å². The molecule has 0 amide bonds. The standard InChI is InChI=1S/2C21H42O2.Zn/c2*1-2-3-4-5-6-7-8-9-10-11-12-13-14-15-16-17-18-19-20-21(22)23;/h2*2-20H2,1H3,(H,22,23);. The van der Waals surface area contributed by atoms with Crippen molar-refractivity contribution in [2.45, 2.75) is 258 Å². The van der Waals surface area contributed by atoms with Crippen molar-refractivity contribution in [3.8, 4) is 0 Å². The molecule has 0 aromatic carbocycles. The van der Waals surface area contributed by atoms with Crippen molar-refractivity contribution >= 4 is 11.9 Å². The molecule has 0 radical (unpaired) electrons. The first-order chi connectivity index (χ1) is 22.5. The Hall–Kier alpha value is -0.437. The Morgan fingerprint density at radius 2 is 0.404 bits per heavy atom. The summed E-state index contributed by atoms with van der Waals surface area (Å²) in [5, 5.41) is 17.1. The molecule has 0 atom stereocenters. The molecule has 278 valence electrons. The first-order valence-corrected chi connectivity index (χ1v) is 21.0. The van der Waals surface area contributed by atoms with Gasteiger partial charge in [0, 0.05) is 32.3 Å². The van der Waals surface area contributed by atoms with Gasteiger partial charge in [-0.1, -0.05) is 232 Å². The summed E-state index contributed by atoms with van der Waals surface area (Å²) in [4.78, 5) is 20.7. The maximum Gasteiger partial charge on any atom is 0.303 e. The van der Waals surface area contributed by atoms with Crippen molar-refractivity contribution in [1.29, 1.82) is 0 Å². The van der Waals surface area contributed by atoms with Crippen LogP contribution in [0.4, 0.5) is 0 Å². The first-order valence-electron chi connectivity index (χ1n) is 21.0. The van der Waals surface area contributed by atoms with E-state index in [1.54, 1.807) is 0 Å². The second-order valence-corrected chi connectivity index (χ2v) is 14.3. The van der Waals surface area contributed by atoms with E-state index in [1.165, 1.54) is 205 Å². The fraction of sp³-hybridized carbons (Fsp3) is 0.952. The van der Waals surface area contributed by atoms with Crippen molar-refractivity contribution in [3.63, 3.8) is 0 Å². The van der Waals surface area contributed by atoms with E-state index >= 15 is 0 Å². The molecule has 4 nitrogen and oxygen atoms in total. The molecule has 0 heterocycles. The number of carboxylic acids is 2. The first kappa shape index (κ1) is 50.9. The molecule has 0 aliphatic rings. The summed E-state index contributed by atoms with van der Waals surface area (Å²) in [5.74, 6) is -1.30. The van der Waals surface area contributed by atoms with Crippen LogP contribution >= 0.6 is 0 Å². The van der Waals surface area contributed by atoms with Crippen molar-refractivity contribution in [1.82, 2.24) is 0 Å². The van der Waals surface area contributed by atoms with Crippen LogP contribution in [0.3, 0.4) is 0 Å². The Balaban J connectivity index is -0.000000807. The monoisotopic (exact) mass is 717 g/mol. The van der Waals surface area contributed by atoms with E-state index in [9.17, 15) is 9.59 Å². The van der Waals surface area contributed by atoms with Gasteiger partial charge in [0.25, 0.3) is 0 Å². The van der Waals surface area contributed by atoms with Gasteiger partial charge in [0.05, 0.1) is 0 Å². The number of aliphatic carboxylic acids is 2. The van der Waals surface area contributed by atoms with Crippen LogP contribution in [0.2, 0.25) is 0 Å². The van der Waals surface area contributed by atoms with Crippen LogP contribution in [0.5, 0.6) is 0 Å². The van der Waals surface area contributed by atoms with Gasteiger partial charge in [0.15, 0.2) is 0 Å². The summed E-state index contributed by atoms with van der Waals surface area (Å²) in [7, 11) is 0. The molecular weight excluding hydrogens is 634 g/mol. The molecule has 0 saturated heterocycles. The Labute approximate surface area is 308 Å². The minimum absolute atomic E-state index is 0. The maximum atomic E-state index is 10.4. The number of rotatable bonds is 38. The zero-order valence-electron chi connectivity index (χ0n) is 32.3. The number of unbranched alkanes of at least 4 members (excludes halogenated alkanes) is 34. The molecule has 0 aliphatic heterocycles. The fourth-order valence-electron chi connectivity index (χ4n) is 6.36. The summed E-state index contributed by atoms with van der Waals surface area (Å²) in [6.45, 7) is 4.56. The summed E-state index contributed by atoms with van der Waals surface area (Å²) in [6.07, 6.45) is 49.2. The topological polar surface area (TPSA) is 74.6 Å². The van der Waals surface area contributed by atoms with E-state index in [-0.39, 0.29) is 19.5 Å². The molecule has 0 unspecified atom stereocenters. The van der Waals surface area contributed by atoms with Gasteiger partial charge < -0.3 is 10.2 Å². The molecule has 0 aliphatic carbocycles. The fourth-order valence-corrected chi connectivity index (χ4v) is 6.36. The third-order valence-electron chi connectivity index (χ3n) is 9.49. The van der Waals surface area contributed by atoms with Gasteiger partial charge in [0.1, 0.15) is 0 Å². The molecule has 0 bridgehead atoms. The summed E-state index contributed by atoms with van der Waals surface area (Å²) < 4.78 is 0. The van der Waals surface area contributed by atoms with Crippen LogP contribution in [-0.4, -0.2) is 22.2 Å². The van der Waals surface area contributed by atoms with E-state index in [0.29, 0.717) is 12.8 Å². The third kappa shape index (κ3) is 55.2. The molecule has 0 spiro atoms. The SMILES string of the molecule is CCCCCCCCCCCCCCCCCCCCC(=O)O.CCCCCCCCCCCCCCCCCCCCC(=O)O.[Zn]. The van der Waals surface area contributed by atoms with Crippen LogP contribution in [0.1, 0.15) is 258 Å². The minimum Gasteiger partial charge on any atom is -0.481 e. The quantitative estimate of drug-likeness (QED) is 0.0492. The molecular formula is C42H84O4Zn. The number of hydrogen-bond acceptors (Lipinski definition) is 2. The number of carboxylic acid groups (broad SMARTS) is 2.